The molecule has 0 unspecified atom stereocenters. The second-order valence-electron chi connectivity index (χ2n) is 4.91. The Labute approximate surface area is 103 Å². The molecule has 1 atom stereocenters. The van der Waals surface area contributed by atoms with Crippen LogP contribution in [0.3, 0.4) is 0 Å². The zero-order valence-corrected chi connectivity index (χ0v) is 11.1. The summed E-state index contributed by atoms with van der Waals surface area (Å²) in [7, 11) is 0. The zero-order valence-electron chi connectivity index (χ0n) is 11.1. The van der Waals surface area contributed by atoms with E-state index in [0.717, 1.165) is 0 Å². The quantitative estimate of drug-likeness (QED) is 0.679. The Morgan fingerprint density at radius 3 is 1.94 bits per heavy atom. The van der Waals surface area contributed by atoms with Gasteiger partial charge in [-0.15, -0.1) is 0 Å². The molecule has 0 heterocycles. The molecule has 0 bridgehead atoms. The van der Waals surface area contributed by atoms with Gasteiger partial charge in [0.2, 0.25) is 0 Å². The molecule has 5 heteroatoms. The minimum Gasteiger partial charge on any atom is -0.465 e. The van der Waals surface area contributed by atoms with Gasteiger partial charge in [0, 0.05) is 0 Å². The highest BCUT2D eigenvalue weighted by atomic mass is 16.5. The van der Waals surface area contributed by atoms with Crippen molar-refractivity contribution < 1.29 is 19.1 Å². The van der Waals surface area contributed by atoms with Crippen molar-refractivity contribution in [3.8, 4) is 0 Å². The van der Waals surface area contributed by atoms with Gasteiger partial charge in [0.05, 0.1) is 19.6 Å². The number of rotatable bonds is 7. The summed E-state index contributed by atoms with van der Waals surface area (Å²) in [6.45, 7) is 8.37. The van der Waals surface area contributed by atoms with Gasteiger partial charge in [-0.1, -0.05) is 27.7 Å². The minimum absolute atomic E-state index is 0.135. The lowest BCUT2D eigenvalue weighted by molar-refractivity contribution is -0.152. The molecule has 0 aliphatic rings. The van der Waals surface area contributed by atoms with Crippen LogP contribution < -0.4 is 5.73 Å². The van der Waals surface area contributed by atoms with Crippen LogP contribution in [-0.2, 0) is 19.1 Å². The lowest BCUT2D eigenvalue weighted by Gasteiger charge is -2.13. The average Bonchev–Trinajstić information content (AvgIpc) is 2.22. The van der Waals surface area contributed by atoms with E-state index in [2.05, 4.69) is 0 Å². The van der Waals surface area contributed by atoms with Crippen LogP contribution in [0.25, 0.3) is 0 Å². The van der Waals surface area contributed by atoms with Crippen LogP contribution in [0.15, 0.2) is 0 Å². The SMILES string of the molecule is CC(C)COC(=O)C[C@H](N)C(=O)OCC(C)C. The molecule has 0 aromatic heterocycles. The lowest BCUT2D eigenvalue weighted by Crippen LogP contribution is -2.35. The van der Waals surface area contributed by atoms with Crippen molar-refractivity contribution in [2.45, 2.75) is 40.2 Å². The van der Waals surface area contributed by atoms with E-state index in [9.17, 15) is 9.59 Å². The van der Waals surface area contributed by atoms with E-state index in [1.165, 1.54) is 0 Å². The van der Waals surface area contributed by atoms with E-state index >= 15 is 0 Å². The highest BCUT2D eigenvalue weighted by Crippen LogP contribution is 2.00. The van der Waals surface area contributed by atoms with Crippen molar-refractivity contribution >= 4 is 11.9 Å². The van der Waals surface area contributed by atoms with Crippen LogP contribution in [0, 0.1) is 11.8 Å². The van der Waals surface area contributed by atoms with Gasteiger partial charge < -0.3 is 15.2 Å². The van der Waals surface area contributed by atoms with E-state index in [1.807, 2.05) is 27.7 Å². The standard InChI is InChI=1S/C12H23NO4/c1-8(2)6-16-11(14)5-10(13)12(15)17-7-9(3)4/h8-10H,5-7,13H2,1-4H3/t10-/m0/s1. The molecule has 5 nitrogen and oxygen atoms in total. The Kier molecular flexibility index (Phi) is 7.54. The second kappa shape index (κ2) is 8.06. The fraction of sp³-hybridized carbons (Fsp3) is 0.833. The first-order valence-corrected chi connectivity index (χ1v) is 5.90. The molecule has 0 aliphatic carbocycles. The first-order valence-electron chi connectivity index (χ1n) is 5.90. The summed E-state index contributed by atoms with van der Waals surface area (Å²) in [6, 6.07) is -0.937. The molecule has 0 radical (unpaired) electrons. The number of esters is 2. The van der Waals surface area contributed by atoms with Gasteiger partial charge in [-0.2, -0.15) is 0 Å². The maximum atomic E-state index is 11.4. The van der Waals surface area contributed by atoms with Crippen molar-refractivity contribution in [2.24, 2.45) is 17.6 Å². The number of carbonyl (C=O) groups excluding carboxylic acids is 2. The van der Waals surface area contributed by atoms with Crippen LogP contribution >= 0.6 is 0 Å². The lowest BCUT2D eigenvalue weighted by atomic mass is 10.2. The molecule has 0 amide bonds. The molecule has 0 aromatic rings. The number of hydrogen-bond acceptors (Lipinski definition) is 5. The molecule has 0 saturated carbocycles. The van der Waals surface area contributed by atoms with E-state index in [4.69, 9.17) is 15.2 Å². The van der Waals surface area contributed by atoms with Gasteiger partial charge in [0.15, 0.2) is 0 Å². The fourth-order valence-corrected chi connectivity index (χ4v) is 0.937. The molecule has 17 heavy (non-hydrogen) atoms. The molecular weight excluding hydrogens is 222 g/mol. The van der Waals surface area contributed by atoms with Crippen LogP contribution in [0.1, 0.15) is 34.1 Å². The normalized spacial score (nSPS) is 12.6. The monoisotopic (exact) mass is 245 g/mol. The smallest absolute Gasteiger partial charge is 0.323 e. The Hall–Kier alpha value is -1.10. The topological polar surface area (TPSA) is 78.6 Å². The molecule has 0 rings (SSSR count). The van der Waals surface area contributed by atoms with Crippen molar-refractivity contribution in [3.63, 3.8) is 0 Å². The molecule has 0 fully saturated rings. The van der Waals surface area contributed by atoms with Crippen molar-refractivity contribution in [2.75, 3.05) is 13.2 Å². The molecule has 100 valence electrons. The van der Waals surface area contributed by atoms with Crippen molar-refractivity contribution in [3.05, 3.63) is 0 Å². The van der Waals surface area contributed by atoms with Crippen LogP contribution in [-0.4, -0.2) is 31.2 Å². The van der Waals surface area contributed by atoms with Crippen LogP contribution in [0.2, 0.25) is 0 Å². The van der Waals surface area contributed by atoms with E-state index in [1.54, 1.807) is 0 Å². The Balaban J connectivity index is 3.86. The Bertz CT molecular complexity index is 251. The minimum atomic E-state index is -0.937. The highest BCUT2D eigenvalue weighted by molar-refractivity contribution is 5.82. The maximum Gasteiger partial charge on any atom is 0.323 e. The summed E-state index contributed by atoms with van der Waals surface area (Å²) in [4.78, 5) is 22.7. The Morgan fingerprint density at radius 2 is 1.47 bits per heavy atom. The predicted octanol–water partition coefficient (Wildman–Crippen LogP) is 1.10. The van der Waals surface area contributed by atoms with Gasteiger partial charge >= 0.3 is 11.9 Å². The number of carbonyl (C=O) groups is 2. The van der Waals surface area contributed by atoms with Crippen molar-refractivity contribution in [1.82, 2.24) is 0 Å². The summed E-state index contributed by atoms with van der Waals surface area (Å²) in [5.74, 6) is -0.505. The third kappa shape index (κ3) is 8.68. The average molecular weight is 245 g/mol. The van der Waals surface area contributed by atoms with Crippen LogP contribution in [0.5, 0.6) is 0 Å². The van der Waals surface area contributed by atoms with E-state index in [0.29, 0.717) is 13.2 Å². The first-order chi connectivity index (χ1) is 7.82. The van der Waals surface area contributed by atoms with Gasteiger partial charge in [-0.3, -0.25) is 9.59 Å². The van der Waals surface area contributed by atoms with Crippen molar-refractivity contribution in [1.29, 1.82) is 0 Å². The number of nitrogens with two attached hydrogens (primary N) is 1. The Morgan fingerprint density at radius 1 is 1.00 bits per heavy atom. The van der Waals surface area contributed by atoms with E-state index in [-0.39, 0.29) is 18.3 Å². The highest BCUT2D eigenvalue weighted by Gasteiger charge is 2.20. The molecule has 0 aromatic carbocycles. The first kappa shape index (κ1) is 15.9. The molecule has 0 aliphatic heterocycles. The van der Waals surface area contributed by atoms with Crippen LogP contribution in [0.4, 0.5) is 0 Å². The molecule has 0 spiro atoms. The van der Waals surface area contributed by atoms with E-state index < -0.39 is 18.0 Å². The predicted molar refractivity (Wildman–Crippen MR) is 64.2 cm³/mol. The molecule has 2 N–H and O–H groups in total. The second-order valence-corrected chi connectivity index (χ2v) is 4.91. The van der Waals surface area contributed by atoms with Gasteiger partial charge in [-0.05, 0) is 11.8 Å². The molecular formula is C12H23NO4. The third-order valence-corrected chi connectivity index (χ3v) is 1.83. The van der Waals surface area contributed by atoms with Gasteiger partial charge in [0.1, 0.15) is 6.04 Å². The number of hydrogen-bond donors (Lipinski definition) is 1. The summed E-state index contributed by atoms with van der Waals surface area (Å²) in [5, 5.41) is 0. The third-order valence-electron chi connectivity index (χ3n) is 1.83. The molecule has 0 saturated heterocycles. The number of ether oxygens (including phenoxy) is 2. The summed E-state index contributed by atoms with van der Waals surface area (Å²) in [5.41, 5.74) is 5.54. The summed E-state index contributed by atoms with van der Waals surface area (Å²) >= 11 is 0. The fourth-order valence-electron chi connectivity index (χ4n) is 0.937. The zero-order chi connectivity index (χ0) is 13.4. The van der Waals surface area contributed by atoms with Gasteiger partial charge in [-0.25, -0.2) is 0 Å². The summed E-state index contributed by atoms with van der Waals surface area (Å²) in [6.07, 6.45) is -0.135. The maximum absolute atomic E-state index is 11.4. The largest absolute Gasteiger partial charge is 0.465 e. The summed E-state index contributed by atoms with van der Waals surface area (Å²) < 4.78 is 9.84. The van der Waals surface area contributed by atoms with Gasteiger partial charge in [0.25, 0.3) is 0 Å².